The molecule has 0 saturated carbocycles. The van der Waals surface area contributed by atoms with E-state index in [4.69, 9.17) is 27.9 Å². The van der Waals surface area contributed by atoms with Gasteiger partial charge >= 0.3 is 0 Å². The zero-order valence-electron chi connectivity index (χ0n) is 18.8. The summed E-state index contributed by atoms with van der Waals surface area (Å²) in [5.41, 5.74) is 2.82. The van der Waals surface area contributed by atoms with Crippen molar-refractivity contribution in [3.63, 3.8) is 0 Å². The summed E-state index contributed by atoms with van der Waals surface area (Å²) >= 11 is 15.7. The van der Waals surface area contributed by atoms with Gasteiger partial charge in [-0.15, -0.1) is 0 Å². The third-order valence-electron chi connectivity index (χ3n) is 5.04. The standard InChI is InChI=1S/C24H29BrCl2N2O3/c1-5-9-28-24(31)21(6-2)29(13-17-7-8-19(26)20(27)12-17)22(30)14-32-18-10-15(3)23(25)16(4)11-18/h7-8,10-12,21H,5-6,9,13-14H2,1-4H3,(H,28,31). The topological polar surface area (TPSA) is 58.6 Å². The van der Waals surface area contributed by atoms with Crippen LogP contribution in [0.1, 0.15) is 43.4 Å². The lowest BCUT2D eigenvalue weighted by molar-refractivity contribution is -0.143. The van der Waals surface area contributed by atoms with Gasteiger partial charge in [-0.05, 0) is 67.6 Å². The number of aryl methyl sites for hydroxylation is 2. The summed E-state index contributed by atoms with van der Waals surface area (Å²) in [4.78, 5) is 27.6. The summed E-state index contributed by atoms with van der Waals surface area (Å²) < 4.78 is 6.82. The molecular formula is C24H29BrCl2N2O3. The molecule has 1 N–H and O–H groups in total. The highest BCUT2D eigenvalue weighted by Crippen LogP contribution is 2.27. The van der Waals surface area contributed by atoms with E-state index >= 15 is 0 Å². The van der Waals surface area contributed by atoms with Crippen LogP contribution >= 0.6 is 39.1 Å². The maximum Gasteiger partial charge on any atom is 0.261 e. The van der Waals surface area contributed by atoms with Crippen LogP contribution in [-0.4, -0.2) is 35.9 Å². The quantitative estimate of drug-likeness (QED) is 0.394. The molecule has 0 saturated heterocycles. The average molecular weight is 544 g/mol. The lowest BCUT2D eigenvalue weighted by Crippen LogP contribution is -2.50. The van der Waals surface area contributed by atoms with E-state index in [0.29, 0.717) is 28.8 Å². The molecule has 1 atom stereocenters. The van der Waals surface area contributed by atoms with Crippen molar-refractivity contribution in [2.24, 2.45) is 0 Å². The highest BCUT2D eigenvalue weighted by molar-refractivity contribution is 9.10. The van der Waals surface area contributed by atoms with E-state index in [0.717, 1.165) is 27.6 Å². The predicted octanol–water partition coefficient (Wildman–Crippen LogP) is 6.09. The SMILES string of the molecule is CCCNC(=O)C(CC)N(Cc1ccc(Cl)c(Cl)c1)C(=O)COc1cc(C)c(Br)c(C)c1. The van der Waals surface area contributed by atoms with Crippen LogP contribution in [0.5, 0.6) is 5.75 Å². The van der Waals surface area contributed by atoms with Crippen LogP contribution < -0.4 is 10.1 Å². The Bertz CT molecular complexity index is 945. The zero-order chi connectivity index (χ0) is 23.8. The van der Waals surface area contributed by atoms with Gasteiger partial charge in [0.1, 0.15) is 11.8 Å². The Morgan fingerprint density at radius 3 is 2.31 bits per heavy atom. The zero-order valence-corrected chi connectivity index (χ0v) is 21.9. The van der Waals surface area contributed by atoms with Crippen LogP contribution in [0.3, 0.4) is 0 Å². The Morgan fingerprint density at radius 1 is 1.09 bits per heavy atom. The van der Waals surface area contributed by atoms with E-state index in [1.165, 1.54) is 0 Å². The number of rotatable bonds is 10. The first-order valence-corrected chi connectivity index (χ1v) is 12.1. The van der Waals surface area contributed by atoms with Gasteiger partial charge in [0, 0.05) is 17.6 Å². The minimum absolute atomic E-state index is 0.181. The molecule has 0 aliphatic carbocycles. The van der Waals surface area contributed by atoms with Crippen LogP contribution in [-0.2, 0) is 16.1 Å². The molecule has 0 aliphatic heterocycles. The second kappa shape index (κ2) is 12.5. The van der Waals surface area contributed by atoms with E-state index in [1.807, 2.05) is 39.8 Å². The number of halogens is 3. The van der Waals surface area contributed by atoms with Gasteiger partial charge in [-0.1, -0.05) is 59.0 Å². The molecule has 0 fully saturated rings. The van der Waals surface area contributed by atoms with E-state index in [1.54, 1.807) is 23.1 Å². The highest BCUT2D eigenvalue weighted by Gasteiger charge is 2.29. The maximum atomic E-state index is 13.2. The van der Waals surface area contributed by atoms with Crippen LogP contribution in [0.25, 0.3) is 0 Å². The van der Waals surface area contributed by atoms with Crippen molar-refractivity contribution < 1.29 is 14.3 Å². The summed E-state index contributed by atoms with van der Waals surface area (Å²) in [5, 5.41) is 3.73. The predicted molar refractivity (Wildman–Crippen MR) is 134 cm³/mol. The van der Waals surface area contributed by atoms with Gasteiger partial charge in [0.05, 0.1) is 10.0 Å². The fourth-order valence-corrected chi connectivity index (χ4v) is 3.89. The van der Waals surface area contributed by atoms with Gasteiger partial charge < -0.3 is 15.0 Å². The molecule has 0 bridgehead atoms. The van der Waals surface area contributed by atoms with Crippen molar-refractivity contribution in [1.82, 2.24) is 10.2 Å². The van der Waals surface area contributed by atoms with Crippen LogP contribution in [0.2, 0.25) is 10.0 Å². The molecular weight excluding hydrogens is 515 g/mol. The normalized spacial score (nSPS) is 11.7. The van der Waals surface area contributed by atoms with Crippen LogP contribution in [0.15, 0.2) is 34.8 Å². The molecule has 8 heteroatoms. The first-order valence-electron chi connectivity index (χ1n) is 10.6. The van der Waals surface area contributed by atoms with Gasteiger partial charge in [-0.25, -0.2) is 0 Å². The second-order valence-electron chi connectivity index (χ2n) is 7.64. The fourth-order valence-electron chi connectivity index (χ4n) is 3.34. The van der Waals surface area contributed by atoms with Gasteiger partial charge in [0.2, 0.25) is 5.91 Å². The Labute approximate surface area is 208 Å². The van der Waals surface area contributed by atoms with Crippen LogP contribution in [0.4, 0.5) is 0 Å². The van der Waals surface area contributed by atoms with Crippen molar-refractivity contribution >= 4 is 50.9 Å². The molecule has 32 heavy (non-hydrogen) atoms. The molecule has 2 aromatic rings. The number of carbonyl (C=O) groups is 2. The van der Waals surface area contributed by atoms with Crippen molar-refractivity contribution in [3.05, 3.63) is 61.5 Å². The Morgan fingerprint density at radius 2 is 1.75 bits per heavy atom. The summed E-state index contributed by atoms with van der Waals surface area (Å²) in [5.74, 6) is 0.139. The summed E-state index contributed by atoms with van der Waals surface area (Å²) in [6, 6.07) is 8.32. The number of hydrogen-bond acceptors (Lipinski definition) is 3. The Kier molecular flexibility index (Phi) is 10.3. The second-order valence-corrected chi connectivity index (χ2v) is 9.25. The molecule has 0 radical (unpaired) electrons. The van der Waals surface area contributed by atoms with Gasteiger partial charge in [-0.3, -0.25) is 9.59 Å². The number of amides is 2. The van der Waals surface area contributed by atoms with Gasteiger partial charge in [-0.2, -0.15) is 0 Å². The monoisotopic (exact) mass is 542 g/mol. The fraction of sp³-hybridized carbons (Fsp3) is 0.417. The molecule has 0 spiro atoms. The lowest BCUT2D eigenvalue weighted by Gasteiger charge is -2.30. The van der Waals surface area contributed by atoms with Crippen molar-refractivity contribution in [2.45, 2.75) is 53.1 Å². The molecule has 5 nitrogen and oxygen atoms in total. The molecule has 1 unspecified atom stereocenters. The first-order chi connectivity index (χ1) is 15.2. The number of benzene rings is 2. The molecule has 0 aromatic heterocycles. The molecule has 0 aliphatic rings. The molecule has 2 amide bonds. The summed E-state index contributed by atoms with van der Waals surface area (Å²) in [6.07, 6.45) is 1.29. The number of nitrogens with zero attached hydrogens (tertiary/aromatic N) is 1. The minimum atomic E-state index is -0.625. The molecule has 174 valence electrons. The van der Waals surface area contributed by atoms with Gasteiger partial charge in [0.15, 0.2) is 6.61 Å². The Hall–Kier alpha value is -1.76. The van der Waals surface area contributed by atoms with Crippen molar-refractivity contribution in [2.75, 3.05) is 13.2 Å². The molecule has 2 rings (SSSR count). The third kappa shape index (κ3) is 7.12. The maximum absolute atomic E-state index is 13.2. The lowest BCUT2D eigenvalue weighted by atomic mass is 10.1. The largest absolute Gasteiger partial charge is 0.484 e. The third-order valence-corrected chi connectivity index (χ3v) is 7.03. The first kappa shape index (κ1) is 26.5. The minimum Gasteiger partial charge on any atom is -0.484 e. The van der Waals surface area contributed by atoms with Crippen LogP contribution in [0, 0.1) is 13.8 Å². The summed E-state index contributed by atoms with van der Waals surface area (Å²) in [6.45, 7) is 8.39. The summed E-state index contributed by atoms with van der Waals surface area (Å²) in [7, 11) is 0. The van der Waals surface area contributed by atoms with E-state index < -0.39 is 6.04 Å². The number of hydrogen-bond donors (Lipinski definition) is 1. The smallest absolute Gasteiger partial charge is 0.261 e. The van der Waals surface area contributed by atoms with E-state index in [9.17, 15) is 9.59 Å². The van der Waals surface area contributed by atoms with E-state index in [2.05, 4.69) is 21.2 Å². The van der Waals surface area contributed by atoms with Gasteiger partial charge in [0.25, 0.3) is 5.91 Å². The number of ether oxygens (including phenoxy) is 1. The van der Waals surface area contributed by atoms with Crippen molar-refractivity contribution in [1.29, 1.82) is 0 Å². The number of nitrogens with one attached hydrogen (secondary N) is 1. The molecule has 2 aromatic carbocycles. The molecule has 0 heterocycles. The Balaban J connectivity index is 2.25. The van der Waals surface area contributed by atoms with E-state index in [-0.39, 0.29) is 25.0 Å². The highest BCUT2D eigenvalue weighted by atomic mass is 79.9. The van der Waals surface area contributed by atoms with Crippen molar-refractivity contribution in [3.8, 4) is 5.75 Å². The number of carbonyl (C=O) groups excluding carboxylic acids is 2. The average Bonchev–Trinajstić information content (AvgIpc) is 2.76.